The lowest BCUT2D eigenvalue weighted by Crippen LogP contribution is -2.05. The number of hydrogen-bond donors (Lipinski definition) is 1. The van der Waals surface area contributed by atoms with Crippen LogP contribution in [0.4, 0.5) is 0 Å². The summed E-state index contributed by atoms with van der Waals surface area (Å²) in [6.07, 6.45) is 0. The van der Waals surface area contributed by atoms with Crippen molar-refractivity contribution >= 4 is 31.9 Å². The van der Waals surface area contributed by atoms with Gasteiger partial charge in [-0.3, -0.25) is 0 Å². The van der Waals surface area contributed by atoms with E-state index in [1.54, 1.807) is 0 Å². The van der Waals surface area contributed by atoms with Gasteiger partial charge in [0.15, 0.2) is 0 Å². The monoisotopic (exact) mass is 383 g/mol. The molecule has 2 nitrogen and oxygen atoms in total. The molecule has 0 spiro atoms. The van der Waals surface area contributed by atoms with Gasteiger partial charge in [0.25, 0.3) is 0 Å². The Kier molecular flexibility index (Phi) is 5.02. The zero-order chi connectivity index (χ0) is 13.8. The molecule has 0 aliphatic rings. The summed E-state index contributed by atoms with van der Waals surface area (Å²) in [5, 5.41) is 0. The second-order valence-electron chi connectivity index (χ2n) is 4.39. The van der Waals surface area contributed by atoms with Crippen LogP contribution in [0.15, 0.2) is 51.4 Å². The predicted octanol–water partition coefficient (Wildman–Crippen LogP) is 4.81. The second-order valence-corrected chi connectivity index (χ2v) is 6.16. The fraction of sp³-hybridized carbons (Fsp3) is 0.200. The first-order chi connectivity index (χ1) is 9.06. The summed E-state index contributed by atoms with van der Waals surface area (Å²) < 4.78 is 7.79. The van der Waals surface area contributed by atoms with Crippen LogP contribution in [-0.2, 0) is 6.61 Å². The van der Waals surface area contributed by atoms with Crippen LogP contribution in [0.5, 0.6) is 5.75 Å². The molecule has 1 unspecified atom stereocenters. The standard InChI is InChI=1S/C15H15Br2NO/c1-10(18)12-4-7-15(14(17)8-12)19-9-11-2-5-13(16)6-3-11/h2-8,10H,9,18H2,1H3. The molecule has 2 aromatic rings. The molecule has 100 valence electrons. The van der Waals surface area contributed by atoms with Crippen molar-refractivity contribution in [2.75, 3.05) is 0 Å². The number of hydrogen-bond acceptors (Lipinski definition) is 2. The summed E-state index contributed by atoms with van der Waals surface area (Å²) in [7, 11) is 0. The molecule has 4 heteroatoms. The van der Waals surface area contributed by atoms with Crippen molar-refractivity contribution in [3.63, 3.8) is 0 Å². The van der Waals surface area contributed by atoms with Crippen molar-refractivity contribution < 1.29 is 4.74 Å². The molecule has 0 amide bonds. The Hall–Kier alpha value is -0.840. The van der Waals surface area contributed by atoms with Crippen molar-refractivity contribution in [3.8, 4) is 5.75 Å². The highest BCUT2D eigenvalue weighted by molar-refractivity contribution is 9.10. The zero-order valence-electron chi connectivity index (χ0n) is 10.6. The van der Waals surface area contributed by atoms with E-state index in [-0.39, 0.29) is 6.04 Å². The third kappa shape index (κ3) is 4.06. The fourth-order valence-corrected chi connectivity index (χ4v) is 2.43. The quantitative estimate of drug-likeness (QED) is 0.820. The Morgan fingerprint density at radius 2 is 1.79 bits per heavy atom. The molecule has 0 radical (unpaired) electrons. The molecule has 2 N–H and O–H groups in total. The van der Waals surface area contributed by atoms with Crippen LogP contribution in [-0.4, -0.2) is 0 Å². The van der Waals surface area contributed by atoms with Crippen LogP contribution >= 0.6 is 31.9 Å². The molecular weight excluding hydrogens is 370 g/mol. The Bertz CT molecular complexity index is 553. The van der Waals surface area contributed by atoms with E-state index in [1.165, 1.54) is 0 Å². The molecule has 1 atom stereocenters. The highest BCUT2D eigenvalue weighted by Crippen LogP contribution is 2.28. The topological polar surface area (TPSA) is 35.2 Å². The maximum Gasteiger partial charge on any atom is 0.134 e. The van der Waals surface area contributed by atoms with Crippen molar-refractivity contribution in [1.29, 1.82) is 0 Å². The average molecular weight is 385 g/mol. The maximum absolute atomic E-state index is 5.85. The van der Waals surface area contributed by atoms with Gasteiger partial charge >= 0.3 is 0 Å². The van der Waals surface area contributed by atoms with Gasteiger partial charge in [-0.1, -0.05) is 34.1 Å². The number of halogens is 2. The molecule has 0 saturated carbocycles. The minimum Gasteiger partial charge on any atom is -0.488 e. The van der Waals surface area contributed by atoms with Crippen LogP contribution < -0.4 is 10.5 Å². The highest BCUT2D eigenvalue weighted by atomic mass is 79.9. The first-order valence-corrected chi connectivity index (χ1v) is 7.57. The molecule has 0 bridgehead atoms. The summed E-state index contributed by atoms with van der Waals surface area (Å²) in [4.78, 5) is 0. The number of nitrogens with two attached hydrogens (primary N) is 1. The molecule has 0 aliphatic carbocycles. The zero-order valence-corrected chi connectivity index (χ0v) is 13.7. The van der Waals surface area contributed by atoms with E-state index in [0.29, 0.717) is 6.61 Å². The largest absolute Gasteiger partial charge is 0.488 e. The van der Waals surface area contributed by atoms with Gasteiger partial charge in [-0.2, -0.15) is 0 Å². The van der Waals surface area contributed by atoms with Crippen LogP contribution in [0.1, 0.15) is 24.1 Å². The van der Waals surface area contributed by atoms with Gasteiger partial charge < -0.3 is 10.5 Å². The Morgan fingerprint density at radius 3 is 2.37 bits per heavy atom. The van der Waals surface area contributed by atoms with Gasteiger partial charge in [-0.15, -0.1) is 0 Å². The van der Waals surface area contributed by atoms with E-state index in [1.807, 2.05) is 49.4 Å². The van der Waals surface area contributed by atoms with Crippen molar-refractivity contribution in [2.24, 2.45) is 5.73 Å². The lowest BCUT2D eigenvalue weighted by molar-refractivity contribution is 0.304. The number of ether oxygens (including phenoxy) is 1. The van der Waals surface area contributed by atoms with Gasteiger partial charge in [0, 0.05) is 10.5 Å². The summed E-state index contributed by atoms with van der Waals surface area (Å²) in [5.74, 6) is 0.826. The lowest BCUT2D eigenvalue weighted by atomic mass is 10.1. The Morgan fingerprint density at radius 1 is 1.11 bits per heavy atom. The maximum atomic E-state index is 5.85. The Labute approximate surface area is 130 Å². The predicted molar refractivity (Wildman–Crippen MR) is 85.2 cm³/mol. The lowest BCUT2D eigenvalue weighted by Gasteiger charge is -2.11. The van der Waals surface area contributed by atoms with Crippen molar-refractivity contribution in [2.45, 2.75) is 19.6 Å². The molecule has 0 aliphatic heterocycles. The van der Waals surface area contributed by atoms with Crippen LogP contribution in [0.2, 0.25) is 0 Å². The summed E-state index contributed by atoms with van der Waals surface area (Å²) >= 11 is 6.93. The molecule has 0 fully saturated rings. The van der Waals surface area contributed by atoms with Crippen molar-refractivity contribution in [1.82, 2.24) is 0 Å². The smallest absolute Gasteiger partial charge is 0.134 e. The van der Waals surface area contributed by atoms with Crippen LogP contribution in [0, 0.1) is 0 Å². The Balaban J connectivity index is 2.05. The van der Waals surface area contributed by atoms with Crippen LogP contribution in [0.25, 0.3) is 0 Å². The normalized spacial score (nSPS) is 12.2. The fourth-order valence-electron chi connectivity index (χ4n) is 1.66. The SMILES string of the molecule is CC(N)c1ccc(OCc2ccc(Br)cc2)c(Br)c1. The molecule has 0 saturated heterocycles. The van der Waals surface area contributed by atoms with E-state index < -0.39 is 0 Å². The summed E-state index contributed by atoms with van der Waals surface area (Å²) in [5.41, 5.74) is 8.06. The minimum atomic E-state index is 0.0248. The second kappa shape index (κ2) is 6.55. The van der Waals surface area contributed by atoms with Gasteiger partial charge in [-0.05, 0) is 58.2 Å². The van der Waals surface area contributed by atoms with Gasteiger partial charge in [0.05, 0.1) is 4.47 Å². The first kappa shape index (κ1) is 14.6. The van der Waals surface area contributed by atoms with Gasteiger partial charge in [0.1, 0.15) is 12.4 Å². The van der Waals surface area contributed by atoms with Gasteiger partial charge in [0.2, 0.25) is 0 Å². The third-order valence-corrected chi connectivity index (χ3v) is 3.94. The molecule has 2 rings (SSSR count). The van der Waals surface area contributed by atoms with E-state index >= 15 is 0 Å². The van der Waals surface area contributed by atoms with Gasteiger partial charge in [-0.25, -0.2) is 0 Å². The van der Waals surface area contributed by atoms with E-state index in [4.69, 9.17) is 10.5 Å². The van der Waals surface area contributed by atoms with Crippen LogP contribution in [0.3, 0.4) is 0 Å². The van der Waals surface area contributed by atoms with Crippen molar-refractivity contribution in [3.05, 3.63) is 62.5 Å². The summed E-state index contributed by atoms with van der Waals surface area (Å²) in [6.45, 7) is 2.51. The number of rotatable bonds is 4. The summed E-state index contributed by atoms with van der Waals surface area (Å²) in [6, 6.07) is 14.1. The average Bonchev–Trinajstić information content (AvgIpc) is 2.39. The molecule has 0 aromatic heterocycles. The minimum absolute atomic E-state index is 0.0248. The molecule has 0 heterocycles. The molecular formula is C15H15Br2NO. The third-order valence-electron chi connectivity index (χ3n) is 2.79. The van der Waals surface area contributed by atoms with E-state index in [0.717, 1.165) is 25.8 Å². The molecule has 19 heavy (non-hydrogen) atoms. The number of benzene rings is 2. The highest BCUT2D eigenvalue weighted by Gasteiger charge is 2.05. The van der Waals surface area contributed by atoms with E-state index in [9.17, 15) is 0 Å². The molecule has 2 aromatic carbocycles. The first-order valence-electron chi connectivity index (χ1n) is 5.98. The van der Waals surface area contributed by atoms with E-state index in [2.05, 4.69) is 31.9 Å².